The van der Waals surface area contributed by atoms with Crippen LogP contribution in [0.4, 0.5) is 16.2 Å². The van der Waals surface area contributed by atoms with E-state index < -0.39 is 11.3 Å². The average Bonchev–Trinajstić information content (AvgIpc) is 3.58. The van der Waals surface area contributed by atoms with Crippen LogP contribution in [0.1, 0.15) is 35.5 Å². The number of benzene rings is 1. The third-order valence-electron chi connectivity index (χ3n) is 6.19. The Morgan fingerprint density at radius 1 is 1.14 bits per heavy atom. The third kappa shape index (κ3) is 3.67. The van der Waals surface area contributed by atoms with Gasteiger partial charge < -0.3 is 5.32 Å². The second-order valence-corrected chi connectivity index (χ2v) is 8.96. The lowest BCUT2D eigenvalue weighted by Gasteiger charge is -2.17. The first-order valence-corrected chi connectivity index (χ1v) is 11.3. The lowest BCUT2D eigenvalue weighted by molar-refractivity contribution is -0.119. The summed E-state index contributed by atoms with van der Waals surface area (Å²) in [5.41, 5.74) is 0.527. The fraction of sp³-hybridized carbons (Fsp3) is 0.167. The average molecular weight is 498 g/mol. The van der Waals surface area contributed by atoms with Gasteiger partial charge in [0.25, 0.3) is 5.91 Å². The summed E-state index contributed by atoms with van der Waals surface area (Å²) >= 11 is 0. The van der Waals surface area contributed by atoms with Crippen molar-refractivity contribution in [3.05, 3.63) is 71.6 Å². The van der Waals surface area contributed by atoms with Gasteiger partial charge in [0, 0.05) is 17.3 Å². The van der Waals surface area contributed by atoms with Crippen molar-refractivity contribution in [1.29, 1.82) is 0 Å². The van der Waals surface area contributed by atoms with Gasteiger partial charge in [0.15, 0.2) is 11.5 Å². The minimum Gasteiger partial charge on any atom is -0.310 e. The first kappa shape index (κ1) is 22.4. The second-order valence-electron chi connectivity index (χ2n) is 8.96. The zero-order valence-electron chi connectivity index (χ0n) is 19.7. The first-order valence-electron chi connectivity index (χ1n) is 11.3. The molecule has 184 valence electrons. The first-order chi connectivity index (χ1) is 17.8. The van der Waals surface area contributed by atoms with Gasteiger partial charge >= 0.3 is 0 Å². The molecule has 6 rings (SSSR count). The fourth-order valence-corrected chi connectivity index (χ4v) is 4.30. The number of aromatic amines is 1. The van der Waals surface area contributed by atoms with Crippen LogP contribution in [0, 0.1) is 5.82 Å². The summed E-state index contributed by atoms with van der Waals surface area (Å²) in [6.45, 7) is 3.49. The molecule has 0 radical (unpaired) electrons. The zero-order chi connectivity index (χ0) is 25.7. The van der Waals surface area contributed by atoms with Crippen LogP contribution in [0.3, 0.4) is 0 Å². The van der Waals surface area contributed by atoms with E-state index in [0.717, 1.165) is 0 Å². The number of H-pyrrole nitrogens is 1. The maximum atomic E-state index is 14.4. The fourth-order valence-electron chi connectivity index (χ4n) is 4.30. The number of nitrogens with one attached hydrogen (secondary N) is 3. The number of carbonyl (C=O) groups is 2. The molecule has 37 heavy (non-hydrogen) atoms. The van der Waals surface area contributed by atoms with Gasteiger partial charge in [0.1, 0.15) is 29.4 Å². The largest absolute Gasteiger partial charge is 0.310 e. The normalized spacial score (nSPS) is 14.0. The standard InChI is InChI=1S/C24H19FN10O2/c1-24(2)15-17(21(36)32-23-27-11-28-33-23)29-19(30-18(15)31-22(24)37)16-13-7-5-9-26-20(13)35(34-16)10-12-6-3-4-8-14(12)25/h3-9,11H,10H2,1-2H3,(H,29,30,31,37)(H2,27,28,32,33,36). The molecule has 2 amide bonds. The van der Waals surface area contributed by atoms with E-state index in [4.69, 9.17) is 0 Å². The van der Waals surface area contributed by atoms with Gasteiger partial charge in [-0.3, -0.25) is 14.9 Å². The summed E-state index contributed by atoms with van der Waals surface area (Å²) in [5, 5.41) is 16.9. The molecule has 12 nitrogen and oxygen atoms in total. The van der Waals surface area contributed by atoms with Crippen LogP contribution in [0.25, 0.3) is 22.6 Å². The molecule has 0 saturated heterocycles. The molecule has 0 atom stereocenters. The number of amides is 2. The van der Waals surface area contributed by atoms with Crippen molar-refractivity contribution >= 4 is 34.6 Å². The molecule has 1 aromatic carbocycles. The van der Waals surface area contributed by atoms with Crippen LogP contribution in [-0.2, 0) is 16.8 Å². The van der Waals surface area contributed by atoms with Crippen molar-refractivity contribution in [2.24, 2.45) is 0 Å². The van der Waals surface area contributed by atoms with Crippen molar-refractivity contribution < 1.29 is 14.0 Å². The number of nitrogens with zero attached hydrogens (tertiary/aromatic N) is 7. The Labute approximate surface area is 208 Å². The van der Waals surface area contributed by atoms with E-state index in [1.165, 1.54) is 12.4 Å². The molecule has 0 bridgehead atoms. The van der Waals surface area contributed by atoms with Crippen LogP contribution < -0.4 is 10.6 Å². The molecule has 3 N–H and O–H groups in total. The summed E-state index contributed by atoms with van der Waals surface area (Å²) in [5.74, 6) is -0.853. The summed E-state index contributed by atoms with van der Waals surface area (Å²) in [7, 11) is 0. The summed E-state index contributed by atoms with van der Waals surface area (Å²) < 4.78 is 15.9. The Morgan fingerprint density at radius 2 is 1.97 bits per heavy atom. The number of rotatable bonds is 5. The number of pyridine rings is 1. The van der Waals surface area contributed by atoms with Crippen LogP contribution in [-0.4, -0.2) is 51.7 Å². The minimum absolute atomic E-state index is 0.0135. The number of aromatic nitrogens is 8. The van der Waals surface area contributed by atoms with Gasteiger partial charge in [-0.15, -0.1) is 0 Å². The van der Waals surface area contributed by atoms with Crippen molar-refractivity contribution in [3.8, 4) is 11.5 Å². The van der Waals surface area contributed by atoms with E-state index in [1.54, 1.807) is 55.1 Å². The van der Waals surface area contributed by atoms with Crippen LogP contribution in [0.2, 0.25) is 0 Å². The van der Waals surface area contributed by atoms with Crippen molar-refractivity contribution in [2.45, 2.75) is 25.8 Å². The summed E-state index contributed by atoms with van der Waals surface area (Å²) in [4.78, 5) is 43.5. The van der Waals surface area contributed by atoms with E-state index in [2.05, 4.69) is 45.9 Å². The molecule has 0 fully saturated rings. The maximum absolute atomic E-state index is 14.4. The van der Waals surface area contributed by atoms with E-state index >= 15 is 0 Å². The van der Waals surface area contributed by atoms with Gasteiger partial charge in [-0.25, -0.2) is 29.1 Å². The zero-order valence-corrected chi connectivity index (χ0v) is 19.7. The molecule has 0 spiro atoms. The Morgan fingerprint density at radius 3 is 2.76 bits per heavy atom. The number of anilines is 2. The van der Waals surface area contributed by atoms with E-state index in [-0.39, 0.29) is 41.6 Å². The molecule has 5 heterocycles. The van der Waals surface area contributed by atoms with Crippen molar-refractivity contribution in [3.63, 3.8) is 0 Å². The predicted octanol–water partition coefficient (Wildman–Crippen LogP) is 2.68. The number of halogens is 1. The number of hydrogen-bond acceptors (Lipinski definition) is 8. The quantitative estimate of drug-likeness (QED) is 0.334. The van der Waals surface area contributed by atoms with Crippen LogP contribution in [0.15, 0.2) is 48.9 Å². The molecule has 0 saturated carbocycles. The van der Waals surface area contributed by atoms with Gasteiger partial charge in [-0.2, -0.15) is 15.2 Å². The molecular weight excluding hydrogens is 479 g/mol. The smallest absolute Gasteiger partial charge is 0.277 e. The van der Waals surface area contributed by atoms with Crippen LogP contribution in [0.5, 0.6) is 0 Å². The minimum atomic E-state index is -1.06. The SMILES string of the molecule is CC1(C)C(=O)Nc2nc(-c3nn(Cc4ccccc4F)c4ncccc34)nc(C(=O)Nc3ncn[nH]3)c21. The summed E-state index contributed by atoms with van der Waals surface area (Å²) in [6, 6.07) is 9.92. The molecule has 4 aromatic heterocycles. The molecule has 0 aliphatic carbocycles. The molecule has 1 aliphatic heterocycles. The Bertz CT molecular complexity index is 1690. The predicted molar refractivity (Wildman–Crippen MR) is 130 cm³/mol. The highest BCUT2D eigenvalue weighted by molar-refractivity contribution is 6.11. The highest BCUT2D eigenvalue weighted by atomic mass is 19.1. The lowest BCUT2D eigenvalue weighted by Crippen LogP contribution is -2.29. The van der Waals surface area contributed by atoms with Gasteiger partial charge in [-0.1, -0.05) is 18.2 Å². The highest BCUT2D eigenvalue weighted by Crippen LogP contribution is 2.39. The number of carbonyl (C=O) groups excluding carboxylic acids is 2. The molecule has 0 unspecified atom stereocenters. The number of hydrogen-bond donors (Lipinski definition) is 3. The third-order valence-corrected chi connectivity index (χ3v) is 6.19. The Kier molecular flexibility index (Phi) is 5.00. The van der Waals surface area contributed by atoms with E-state index in [1.807, 2.05) is 0 Å². The maximum Gasteiger partial charge on any atom is 0.277 e. The molecule has 1 aliphatic rings. The topological polar surface area (TPSA) is 156 Å². The van der Waals surface area contributed by atoms with Crippen molar-refractivity contribution in [1.82, 2.24) is 39.9 Å². The van der Waals surface area contributed by atoms with Crippen LogP contribution >= 0.6 is 0 Å². The van der Waals surface area contributed by atoms with Crippen molar-refractivity contribution in [2.75, 3.05) is 10.6 Å². The van der Waals surface area contributed by atoms with Gasteiger partial charge in [0.05, 0.1) is 17.3 Å². The molecular formula is C24H19FN10O2. The highest BCUT2D eigenvalue weighted by Gasteiger charge is 2.44. The summed E-state index contributed by atoms with van der Waals surface area (Å²) in [6.07, 6.45) is 2.86. The van der Waals surface area contributed by atoms with E-state index in [0.29, 0.717) is 27.9 Å². The Balaban J connectivity index is 1.51. The van der Waals surface area contributed by atoms with Gasteiger partial charge in [0.2, 0.25) is 11.9 Å². The van der Waals surface area contributed by atoms with E-state index in [9.17, 15) is 14.0 Å². The lowest BCUT2D eigenvalue weighted by atomic mass is 9.85. The second kappa shape index (κ2) is 8.26. The monoisotopic (exact) mass is 498 g/mol. The molecule has 5 aromatic rings. The van der Waals surface area contributed by atoms with Gasteiger partial charge in [-0.05, 0) is 32.0 Å². The Hall–Kier alpha value is -5.07. The molecule has 13 heteroatoms. The number of fused-ring (bicyclic) bond motifs is 2.